The molecule has 2 aromatic rings. The maximum absolute atomic E-state index is 12.1. The third-order valence-corrected chi connectivity index (χ3v) is 3.89. The number of rotatable bonds is 6. The summed E-state index contributed by atoms with van der Waals surface area (Å²) in [7, 11) is 1.90. The number of anilines is 2. The van der Waals surface area contributed by atoms with Crippen molar-refractivity contribution in [3.8, 4) is 0 Å². The van der Waals surface area contributed by atoms with Gasteiger partial charge in [0.15, 0.2) is 5.13 Å². The summed E-state index contributed by atoms with van der Waals surface area (Å²) in [6.45, 7) is 3.07. The van der Waals surface area contributed by atoms with E-state index >= 15 is 0 Å². The van der Waals surface area contributed by atoms with Crippen LogP contribution in [0.25, 0.3) is 0 Å². The van der Waals surface area contributed by atoms with Gasteiger partial charge >= 0.3 is 0 Å². The zero-order chi connectivity index (χ0) is 15.2. The van der Waals surface area contributed by atoms with E-state index in [0.29, 0.717) is 18.2 Å². The van der Waals surface area contributed by atoms with Gasteiger partial charge in [-0.1, -0.05) is 25.1 Å². The lowest BCUT2D eigenvalue weighted by Gasteiger charge is -2.16. The summed E-state index contributed by atoms with van der Waals surface area (Å²) in [5.41, 5.74) is 7.63. The maximum atomic E-state index is 12.1. The first-order valence-electron chi connectivity index (χ1n) is 6.85. The topological polar surface area (TPSA) is 71.2 Å². The summed E-state index contributed by atoms with van der Waals surface area (Å²) in [5.74, 6) is -0.0177. The van der Waals surface area contributed by atoms with Gasteiger partial charge in [0, 0.05) is 23.3 Å². The van der Waals surface area contributed by atoms with Crippen molar-refractivity contribution in [2.75, 3.05) is 24.6 Å². The molecule has 1 heterocycles. The normalized spacial score (nSPS) is 10.3. The van der Waals surface area contributed by atoms with E-state index < -0.39 is 0 Å². The number of likely N-dealkylation sites (N-methyl/N-ethyl adjacent to an activating group) is 1. The van der Waals surface area contributed by atoms with Crippen LogP contribution in [0.5, 0.6) is 0 Å². The number of nitrogens with two attached hydrogens (primary N) is 1. The van der Waals surface area contributed by atoms with Crippen molar-refractivity contribution in [1.29, 1.82) is 0 Å². The van der Waals surface area contributed by atoms with E-state index in [0.717, 1.165) is 22.5 Å². The Morgan fingerprint density at radius 3 is 2.77 bits per heavy atom. The predicted octanol–water partition coefficient (Wildman–Crippen LogP) is 2.78. The van der Waals surface area contributed by atoms with E-state index in [1.807, 2.05) is 36.2 Å². The molecule has 3 N–H and O–H groups in total. The van der Waals surface area contributed by atoms with Crippen molar-refractivity contribution in [1.82, 2.24) is 9.88 Å². The molecule has 5 nitrogen and oxygen atoms in total. The summed E-state index contributed by atoms with van der Waals surface area (Å²) < 4.78 is 0. The van der Waals surface area contributed by atoms with Crippen LogP contribution in [0.15, 0.2) is 30.5 Å². The molecule has 0 aliphatic rings. The van der Waals surface area contributed by atoms with Crippen LogP contribution < -0.4 is 11.1 Å². The van der Waals surface area contributed by atoms with Crippen molar-refractivity contribution in [2.45, 2.75) is 19.9 Å². The zero-order valence-electron chi connectivity index (χ0n) is 12.7. The van der Waals surface area contributed by atoms with Gasteiger partial charge in [0.25, 0.3) is 0 Å². The molecule has 22 heavy (non-hydrogen) atoms. The minimum atomic E-state index is -0.0177. The molecule has 1 aromatic carbocycles. The second-order valence-electron chi connectivity index (χ2n) is 4.90. The van der Waals surface area contributed by atoms with Gasteiger partial charge in [-0.05, 0) is 25.1 Å². The lowest BCUT2D eigenvalue weighted by Crippen LogP contribution is -2.29. The Bertz CT molecular complexity index is 617. The smallest absolute Gasteiger partial charge is 0.238 e. The van der Waals surface area contributed by atoms with Crippen molar-refractivity contribution < 1.29 is 4.79 Å². The lowest BCUT2D eigenvalue weighted by molar-refractivity contribution is -0.117. The largest absolute Gasteiger partial charge is 0.375 e. The van der Waals surface area contributed by atoms with Crippen molar-refractivity contribution in [3.63, 3.8) is 0 Å². The molecule has 0 spiro atoms. The average Bonchev–Trinajstić information content (AvgIpc) is 2.84. The first-order valence-corrected chi connectivity index (χ1v) is 7.66. The molecule has 0 bridgehead atoms. The number of carbonyl (C=O) groups is 1. The molecule has 1 aromatic heterocycles. The van der Waals surface area contributed by atoms with Gasteiger partial charge in [0.1, 0.15) is 0 Å². The van der Waals surface area contributed by atoms with Gasteiger partial charge < -0.3 is 11.1 Å². The van der Waals surface area contributed by atoms with E-state index in [9.17, 15) is 4.79 Å². The molecule has 0 atom stereocenters. The molecule has 1 amide bonds. The Labute approximate surface area is 141 Å². The predicted molar refractivity (Wildman–Crippen MR) is 94.6 cm³/mol. The van der Waals surface area contributed by atoms with Gasteiger partial charge in [-0.25, -0.2) is 4.98 Å². The van der Waals surface area contributed by atoms with E-state index in [1.165, 1.54) is 11.3 Å². The number of hydrogen-bond donors (Lipinski definition) is 2. The molecule has 0 saturated carbocycles. The number of carbonyl (C=O) groups excluding carboxylic acids is 1. The van der Waals surface area contributed by atoms with Crippen molar-refractivity contribution >= 4 is 40.5 Å². The van der Waals surface area contributed by atoms with Gasteiger partial charge in [-0.2, -0.15) is 0 Å². The molecule has 0 saturated heterocycles. The Hall–Kier alpha value is -1.63. The quantitative estimate of drug-likeness (QED) is 0.848. The van der Waals surface area contributed by atoms with Gasteiger partial charge in [-0.3, -0.25) is 9.69 Å². The number of nitrogens with zero attached hydrogens (tertiary/aromatic N) is 2. The SMILES string of the molecule is CCc1ccccc1NC(=O)CN(C)Cc1cnc(N)s1.Cl. The third-order valence-electron chi connectivity index (χ3n) is 3.08. The third kappa shape index (κ3) is 5.29. The fraction of sp³-hybridized carbons (Fsp3) is 0.333. The van der Waals surface area contributed by atoms with E-state index in [4.69, 9.17) is 5.73 Å². The highest BCUT2D eigenvalue weighted by Crippen LogP contribution is 2.17. The van der Waals surface area contributed by atoms with Crippen LogP contribution >= 0.6 is 23.7 Å². The highest BCUT2D eigenvalue weighted by molar-refractivity contribution is 7.15. The van der Waals surface area contributed by atoms with Crippen LogP contribution in [0.4, 0.5) is 10.8 Å². The first kappa shape index (κ1) is 18.4. The number of thiazole rings is 1. The van der Waals surface area contributed by atoms with E-state index in [2.05, 4.69) is 17.2 Å². The molecule has 120 valence electrons. The number of benzene rings is 1. The van der Waals surface area contributed by atoms with E-state index in [-0.39, 0.29) is 18.3 Å². The van der Waals surface area contributed by atoms with E-state index in [1.54, 1.807) is 6.20 Å². The Morgan fingerprint density at radius 1 is 1.41 bits per heavy atom. The van der Waals surface area contributed by atoms with Crippen LogP contribution in [-0.2, 0) is 17.8 Å². The molecular formula is C15H21ClN4OS. The van der Waals surface area contributed by atoms with Gasteiger partial charge in [0.05, 0.1) is 6.54 Å². The standard InChI is InChI=1S/C15H20N4OS.ClH/c1-3-11-6-4-5-7-13(11)18-14(20)10-19(2)9-12-8-17-15(16)21-12;/h4-8H,3,9-10H2,1-2H3,(H2,16,17)(H,18,20);1H. The minimum absolute atomic E-state index is 0. The molecule has 7 heteroatoms. The maximum Gasteiger partial charge on any atom is 0.238 e. The van der Waals surface area contributed by atoms with Crippen molar-refractivity contribution in [3.05, 3.63) is 40.9 Å². The molecule has 0 aliphatic heterocycles. The summed E-state index contributed by atoms with van der Waals surface area (Å²) in [6, 6.07) is 7.87. The first-order chi connectivity index (χ1) is 10.1. The van der Waals surface area contributed by atoms with Crippen LogP contribution in [0.2, 0.25) is 0 Å². The summed E-state index contributed by atoms with van der Waals surface area (Å²) in [6.07, 6.45) is 2.65. The number of halogens is 1. The Balaban J connectivity index is 0.00000242. The summed E-state index contributed by atoms with van der Waals surface area (Å²) in [5, 5.41) is 3.52. The number of para-hydroxylation sites is 1. The summed E-state index contributed by atoms with van der Waals surface area (Å²) >= 11 is 1.45. The fourth-order valence-corrected chi connectivity index (χ4v) is 2.87. The molecule has 2 rings (SSSR count). The lowest BCUT2D eigenvalue weighted by atomic mass is 10.1. The van der Waals surface area contributed by atoms with Crippen LogP contribution in [0.1, 0.15) is 17.4 Å². The number of nitrogen functional groups attached to an aromatic ring is 1. The zero-order valence-corrected chi connectivity index (χ0v) is 14.3. The van der Waals surface area contributed by atoms with Crippen molar-refractivity contribution in [2.24, 2.45) is 0 Å². The number of aromatic nitrogens is 1. The highest BCUT2D eigenvalue weighted by atomic mass is 35.5. The second kappa shape index (κ2) is 8.73. The highest BCUT2D eigenvalue weighted by Gasteiger charge is 2.10. The number of amides is 1. The Morgan fingerprint density at radius 2 is 2.14 bits per heavy atom. The van der Waals surface area contributed by atoms with Crippen LogP contribution in [0.3, 0.4) is 0 Å². The molecule has 0 unspecified atom stereocenters. The average molecular weight is 341 g/mol. The number of aryl methyl sites for hydroxylation is 1. The molecular weight excluding hydrogens is 320 g/mol. The molecule has 0 aliphatic carbocycles. The molecule has 0 fully saturated rings. The monoisotopic (exact) mass is 340 g/mol. The molecule has 0 radical (unpaired) electrons. The fourth-order valence-electron chi connectivity index (χ4n) is 2.10. The second-order valence-corrected chi connectivity index (χ2v) is 6.04. The van der Waals surface area contributed by atoms with Gasteiger partial charge in [-0.15, -0.1) is 23.7 Å². The Kier molecular flexibility index (Phi) is 7.31. The minimum Gasteiger partial charge on any atom is -0.375 e. The van der Waals surface area contributed by atoms with Gasteiger partial charge in [0.2, 0.25) is 5.91 Å². The number of nitrogens with one attached hydrogen (secondary N) is 1. The summed E-state index contributed by atoms with van der Waals surface area (Å²) in [4.78, 5) is 19.1. The van der Waals surface area contributed by atoms with Crippen LogP contribution in [0, 0.1) is 0 Å². The number of hydrogen-bond acceptors (Lipinski definition) is 5. The van der Waals surface area contributed by atoms with Crippen LogP contribution in [-0.4, -0.2) is 29.4 Å².